The van der Waals surface area contributed by atoms with E-state index in [1.54, 1.807) is 0 Å². The van der Waals surface area contributed by atoms with Crippen LogP contribution in [0.3, 0.4) is 0 Å². The smallest absolute Gasteiger partial charge is 0.303 e. The summed E-state index contributed by atoms with van der Waals surface area (Å²) in [5.74, 6) is 0.340. The quantitative estimate of drug-likeness (QED) is 0.505. The number of benzene rings is 1. The highest BCUT2D eigenvalue weighted by Gasteiger charge is 2.38. The molecule has 0 aromatic heterocycles. The Balaban J connectivity index is 1.28. The zero-order valence-corrected chi connectivity index (χ0v) is 18.5. The Labute approximate surface area is 182 Å². The SMILES string of the molecule is O=C(O)CCCCN1CCCCC1c1ccc(OC2CCC3(CCCC3)CC2)cc1. The van der Waals surface area contributed by atoms with E-state index in [1.165, 1.54) is 76.2 Å². The van der Waals surface area contributed by atoms with Crippen molar-refractivity contribution in [1.82, 2.24) is 4.90 Å². The lowest BCUT2D eigenvalue weighted by Gasteiger charge is -2.37. The lowest BCUT2D eigenvalue weighted by Crippen LogP contribution is -2.34. The number of carbonyl (C=O) groups is 1. The predicted molar refractivity (Wildman–Crippen MR) is 120 cm³/mol. The third kappa shape index (κ3) is 5.57. The second-order valence-corrected chi connectivity index (χ2v) is 9.99. The molecule has 2 aliphatic carbocycles. The average molecular weight is 414 g/mol. The highest BCUT2D eigenvalue weighted by atomic mass is 16.5. The zero-order chi connectivity index (χ0) is 20.8. The molecule has 1 heterocycles. The topological polar surface area (TPSA) is 49.8 Å². The highest BCUT2D eigenvalue weighted by molar-refractivity contribution is 5.66. The molecule has 0 radical (unpaired) electrons. The fourth-order valence-corrected chi connectivity index (χ4v) is 6.13. The van der Waals surface area contributed by atoms with Crippen molar-refractivity contribution in [2.75, 3.05) is 13.1 Å². The summed E-state index contributed by atoms with van der Waals surface area (Å²) in [6.45, 7) is 2.12. The molecule has 1 N–H and O–H groups in total. The monoisotopic (exact) mass is 413 g/mol. The summed E-state index contributed by atoms with van der Waals surface area (Å²) in [5.41, 5.74) is 2.05. The standard InChI is InChI=1S/C26H39NO3/c28-25(29)8-2-6-20-27-19-5-1-7-24(27)21-9-11-22(12-10-21)30-23-13-17-26(18-14-23)15-3-4-16-26/h9-12,23-24H,1-8,13-20H2,(H,28,29). The molecular weight excluding hydrogens is 374 g/mol. The normalized spacial score (nSPS) is 24.9. The molecule has 30 heavy (non-hydrogen) atoms. The van der Waals surface area contributed by atoms with Crippen LogP contribution in [0.5, 0.6) is 5.75 Å². The van der Waals surface area contributed by atoms with Crippen LogP contribution in [0.25, 0.3) is 0 Å². The average Bonchev–Trinajstić information content (AvgIpc) is 3.22. The number of carboxylic acid groups (broad SMARTS) is 1. The molecule has 1 aromatic rings. The molecule has 166 valence electrons. The van der Waals surface area contributed by atoms with Gasteiger partial charge in [-0.25, -0.2) is 0 Å². The van der Waals surface area contributed by atoms with Crippen molar-refractivity contribution >= 4 is 5.97 Å². The van der Waals surface area contributed by atoms with Crippen LogP contribution in [0.1, 0.15) is 101 Å². The van der Waals surface area contributed by atoms with Crippen LogP contribution >= 0.6 is 0 Å². The minimum absolute atomic E-state index is 0.285. The van der Waals surface area contributed by atoms with Crippen molar-refractivity contribution in [3.63, 3.8) is 0 Å². The first kappa shape index (κ1) is 21.7. The number of piperidine rings is 1. The number of ether oxygens (including phenoxy) is 1. The maximum Gasteiger partial charge on any atom is 0.303 e. The second kappa shape index (κ2) is 10.2. The number of nitrogens with zero attached hydrogens (tertiary/aromatic N) is 1. The lowest BCUT2D eigenvalue weighted by molar-refractivity contribution is -0.137. The van der Waals surface area contributed by atoms with E-state index in [9.17, 15) is 4.79 Å². The number of aliphatic carboxylic acids is 1. The molecule has 1 saturated heterocycles. The van der Waals surface area contributed by atoms with Crippen LogP contribution < -0.4 is 4.74 Å². The van der Waals surface area contributed by atoms with E-state index in [-0.39, 0.29) is 6.42 Å². The fourth-order valence-electron chi connectivity index (χ4n) is 6.13. The molecular formula is C26H39NO3. The van der Waals surface area contributed by atoms with Crippen LogP contribution in [0, 0.1) is 5.41 Å². The Bertz CT molecular complexity index is 670. The van der Waals surface area contributed by atoms with Crippen LogP contribution in [0.2, 0.25) is 0 Å². The first-order chi connectivity index (χ1) is 14.6. The lowest BCUT2D eigenvalue weighted by atomic mass is 9.72. The Hall–Kier alpha value is -1.55. The van der Waals surface area contributed by atoms with Crippen LogP contribution in [0.4, 0.5) is 0 Å². The van der Waals surface area contributed by atoms with Gasteiger partial charge in [-0.15, -0.1) is 0 Å². The molecule has 1 atom stereocenters. The number of hydrogen-bond acceptors (Lipinski definition) is 3. The second-order valence-electron chi connectivity index (χ2n) is 9.99. The van der Waals surface area contributed by atoms with Crippen LogP contribution in [-0.4, -0.2) is 35.2 Å². The van der Waals surface area contributed by atoms with Gasteiger partial charge >= 0.3 is 5.97 Å². The molecule has 0 amide bonds. The summed E-state index contributed by atoms with van der Waals surface area (Å²) in [4.78, 5) is 13.3. The van der Waals surface area contributed by atoms with E-state index in [0.717, 1.165) is 31.7 Å². The zero-order valence-electron chi connectivity index (χ0n) is 18.5. The summed E-state index contributed by atoms with van der Waals surface area (Å²) in [7, 11) is 0. The van der Waals surface area contributed by atoms with E-state index in [4.69, 9.17) is 9.84 Å². The van der Waals surface area contributed by atoms with E-state index in [2.05, 4.69) is 29.2 Å². The summed E-state index contributed by atoms with van der Waals surface area (Å²) < 4.78 is 6.36. The highest BCUT2D eigenvalue weighted by Crippen LogP contribution is 2.49. The third-order valence-corrected chi connectivity index (χ3v) is 7.92. The first-order valence-electron chi connectivity index (χ1n) is 12.4. The molecule has 4 heteroatoms. The molecule has 2 saturated carbocycles. The maximum atomic E-state index is 10.8. The van der Waals surface area contributed by atoms with Crippen molar-refractivity contribution in [1.29, 1.82) is 0 Å². The van der Waals surface area contributed by atoms with Gasteiger partial charge in [0.15, 0.2) is 0 Å². The van der Waals surface area contributed by atoms with Crippen molar-refractivity contribution < 1.29 is 14.6 Å². The van der Waals surface area contributed by atoms with E-state index in [1.807, 2.05) is 0 Å². The maximum absolute atomic E-state index is 10.8. The largest absolute Gasteiger partial charge is 0.490 e. The summed E-state index contributed by atoms with van der Waals surface area (Å²) >= 11 is 0. The Morgan fingerprint density at radius 2 is 1.70 bits per heavy atom. The van der Waals surface area contributed by atoms with E-state index in [0.29, 0.717) is 17.6 Å². The van der Waals surface area contributed by atoms with Gasteiger partial charge in [0, 0.05) is 12.5 Å². The minimum atomic E-state index is -0.683. The number of hydrogen-bond donors (Lipinski definition) is 1. The van der Waals surface area contributed by atoms with E-state index < -0.39 is 5.97 Å². The van der Waals surface area contributed by atoms with Crippen molar-refractivity contribution in [2.24, 2.45) is 5.41 Å². The van der Waals surface area contributed by atoms with Gasteiger partial charge in [0.2, 0.25) is 0 Å². The first-order valence-corrected chi connectivity index (χ1v) is 12.4. The van der Waals surface area contributed by atoms with Gasteiger partial charge in [-0.1, -0.05) is 31.4 Å². The van der Waals surface area contributed by atoms with Crippen LogP contribution in [0.15, 0.2) is 24.3 Å². The molecule has 4 rings (SSSR count). The molecule has 1 spiro atoms. The summed E-state index contributed by atoms with van der Waals surface area (Å²) in [6, 6.07) is 9.33. The number of carboxylic acids is 1. The fraction of sp³-hybridized carbons (Fsp3) is 0.731. The van der Waals surface area contributed by atoms with Crippen LogP contribution in [-0.2, 0) is 4.79 Å². The van der Waals surface area contributed by atoms with Gasteiger partial charge in [-0.2, -0.15) is 0 Å². The molecule has 0 bridgehead atoms. The van der Waals surface area contributed by atoms with Gasteiger partial charge < -0.3 is 9.84 Å². The van der Waals surface area contributed by atoms with Crippen molar-refractivity contribution in [3.05, 3.63) is 29.8 Å². The van der Waals surface area contributed by atoms with Gasteiger partial charge in [-0.05, 0) is 100 Å². The molecule has 1 aliphatic heterocycles. The van der Waals surface area contributed by atoms with E-state index >= 15 is 0 Å². The number of likely N-dealkylation sites (tertiary alicyclic amines) is 1. The summed E-state index contributed by atoms with van der Waals surface area (Å²) in [5, 5.41) is 8.85. The molecule has 3 aliphatic rings. The van der Waals surface area contributed by atoms with Gasteiger partial charge in [-0.3, -0.25) is 9.69 Å². The Morgan fingerprint density at radius 3 is 2.40 bits per heavy atom. The minimum Gasteiger partial charge on any atom is -0.490 e. The molecule has 3 fully saturated rings. The van der Waals surface area contributed by atoms with Gasteiger partial charge in [0.05, 0.1) is 6.10 Å². The Kier molecular flexibility index (Phi) is 7.35. The Morgan fingerprint density at radius 1 is 0.967 bits per heavy atom. The van der Waals surface area contributed by atoms with Crippen molar-refractivity contribution in [3.8, 4) is 5.75 Å². The molecule has 4 nitrogen and oxygen atoms in total. The predicted octanol–water partition coefficient (Wildman–Crippen LogP) is 6.35. The molecule has 1 aromatic carbocycles. The third-order valence-electron chi connectivity index (χ3n) is 7.92. The van der Waals surface area contributed by atoms with Crippen molar-refractivity contribution in [2.45, 2.75) is 102 Å². The molecule has 1 unspecified atom stereocenters. The number of unbranched alkanes of at least 4 members (excludes halogenated alkanes) is 1. The van der Waals surface area contributed by atoms with Gasteiger partial charge in [0.25, 0.3) is 0 Å². The summed E-state index contributed by atoms with van der Waals surface area (Å²) in [6.07, 6.45) is 17.0. The number of rotatable bonds is 8. The van der Waals surface area contributed by atoms with Gasteiger partial charge in [0.1, 0.15) is 5.75 Å².